The number of thiophene rings is 1. The van der Waals surface area contributed by atoms with Crippen LogP contribution >= 0.6 is 11.3 Å². The Bertz CT molecular complexity index is 603. The highest BCUT2D eigenvalue weighted by molar-refractivity contribution is 7.20. The molecular formula is C17H20OS. The van der Waals surface area contributed by atoms with Crippen LogP contribution in [0, 0.1) is 0 Å². The van der Waals surface area contributed by atoms with Gasteiger partial charge in [-0.15, -0.1) is 11.3 Å². The van der Waals surface area contributed by atoms with Crippen molar-refractivity contribution in [1.29, 1.82) is 0 Å². The largest absolute Gasteiger partial charge is 0.508 e. The van der Waals surface area contributed by atoms with E-state index in [0.717, 1.165) is 15.7 Å². The predicted octanol–water partition coefficient (Wildman–Crippen LogP) is 5.78. The summed E-state index contributed by atoms with van der Waals surface area (Å²) >= 11 is 1.66. The lowest BCUT2D eigenvalue weighted by molar-refractivity contribution is 0.476. The lowest BCUT2D eigenvalue weighted by Crippen LogP contribution is -1.70. The maximum atomic E-state index is 9.44. The van der Waals surface area contributed by atoms with Gasteiger partial charge >= 0.3 is 0 Å². The van der Waals surface area contributed by atoms with E-state index >= 15 is 0 Å². The Morgan fingerprint density at radius 2 is 2.00 bits per heavy atom. The molecule has 1 nitrogen and oxygen atoms in total. The molecule has 100 valence electrons. The lowest BCUT2D eigenvalue weighted by atomic mass is 10.1. The van der Waals surface area contributed by atoms with Gasteiger partial charge in [0.1, 0.15) is 5.75 Å². The fraction of sp³-hybridized carbons (Fsp3) is 0.176. The Labute approximate surface area is 119 Å². The van der Waals surface area contributed by atoms with E-state index in [0.29, 0.717) is 5.75 Å². The van der Waals surface area contributed by atoms with Crippen LogP contribution in [-0.2, 0) is 0 Å². The third-order valence-corrected chi connectivity index (χ3v) is 3.62. The zero-order valence-electron chi connectivity index (χ0n) is 11.7. The van der Waals surface area contributed by atoms with E-state index in [2.05, 4.69) is 12.6 Å². The van der Waals surface area contributed by atoms with Crippen LogP contribution in [0.5, 0.6) is 5.75 Å². The summed E-state index contributed by atoms with van der Waals surface area (Å²) in [4.78, 5) is 1.17. The van der Waals surface area contributed by atoms with Gasteiger partial charge in [-0.3, -0.25) is 0 Å². The van der Waals surface area contributed by atoms with Crippen molar-refractivity contribution in [2.24, 2.45) is 0 Å². The molecule has 1 aromatic heterocycles. The molecule has 2 rings (SSSR count). The van der Waals surface area contributed by atoms with Gasteiger partial charge < -0.3 is 5.11 Å². The molecule has 0 aliphatic heterocycles. The Kier molecular flexibility index (Phi) is 6.10. The first-order valence-corrected chi connectivity index (χ1v) is 7.24. The molecule has 0 radical (unpaired) electrons. The van der Waals surface area contributed by atoms with Crippen LogP contribution < -0.4 is 0 Å². The Morgan fingerprint density at radius 3 is 2.63 bits per heavy atom. The third kappa shape index (κ3) is 3.83. The highest BCUT2D eigenvalue weighted by atomic mass is 32.1. The minimum absolute atomic E-state index is 0.309. The standard InChI is InChI=1S/C15H14OS.C2H6/c1-3-5-6-11(4-2)14-9-12-7-8-13(16)10-15(12)17-14;1-2/h3-10,16H,2H2,1H3;1-2H3/b5-3-,11-6+;. The van der Waals surface area contributed by atoms with Gasteiger partial charge in [-0.25, -0.2) is 0 Å². The predicted molar refractivity (Wildman–Crippen MR) is 87.8 cm³/mol. The van der Waals surface area contributed by atoms with E-state index in [9.17, 15) is 5.11 Å². The Hall–Kier alpha value is -1.80. The first-order valence-electron chi connectivity index (χ1n) is 6.43. The van der Waals surface area contributed by atoms with E-state index in [1.807, 2.05) is 51.1 Å². The van der Waals surface area contributed by atoms with E-state index < -0.39 is 0 Å². The molecule has 0 fully saturated rings. The number of hydrogen-bond acceptors (Lipinski definition) is 2. The molecule has 0 saturated heterocycles. The zero-order valence-corrected chi connectivity index (χ0v) is 12.5. The van der Waals surface area contributed by atoms with Crippen LogP contribution in [0.15, 0.2) is 55.1 Å². The molecule has 0 amide bonds. The van der Waals surface area contributed by atoms with Crippen LogP contribution in [0.3, 0.4) is 0 Å². The van der Waals surface area contributed by atoms with Crippen molar-refractivity contribution in [2.75, 3.05) is 0 Å². The molecule has 2 heteroatoms. The zero-order chi connectivity index (χ0) is 14.3. The van der Waals surface area contributed by atoms with Gasteiger partial charge in [0.15, 0.2) is 0 Å². The fourth-order valence-electron chi connectivity index (χ4n) is 1.61. The first-order chi connectivity index (χ1) is 9.24. The highest BCUT2D eigenvalue weighted by Crippen LogP contribution is 2.33. The van der Waals surface area contributed by atoms with E-state index in [4.69, 9.17) is 0 Å². The fourth-order valence-corrected chi connectivity index (χ4v) is 2.73. The molecule has 1 heterocycles. The molecule has 0 bridgehead atoms. The quantitative estimate of drug-likeness (QED) is 0.702. The van der Waals surface area contributed by atoms with Crippen molar-refractivity contribution in [1.82, 2.24) is 0 Å². The Balaban J connectivity index is 0.000000861. The first kappa shape index (κ1) is 15.3. The van der Waals surface area contributed by atoms with Crippen LogP contribution in [0.2, 0.25) is 0 Å². The van der Waals surface area contributed by atoms with Crippen molar-refractivity contribution in [2.45, 2.75) is 20.8 Å². The molecule has 0 spiro atoms. The molecule has 0 unspecified atom stereocenters. The van der Waals surface area contributed by atoms with Crippen LogP contribution in [-0.4, -0.2) is 5.11 Å². The molecule has 2 aromatic rings. The van der Waals surface area contributed by atoms with Gasteiger partial charge in [0.25, 0.3) is 0 Å². The lowest BCUT2D eigenvalue weighted by Gasteiger charge is -1.94. The molecule has 0 atom stereocenters. The summed E-state index contributed by atoms with van der Waals surface area (Å²) in [6.45, 7) is 9.82. The smallest absolute Gasteiger partial charge is 0.117 e. The molecule has 1 aromatic carbocycles. The maximum Gasteiger partial charge on any atom is 0.117 e. The van der Waals surface area contributed by atoms with Crippen molar-refractivity contribution in [3.05, 3.63) is 60.0 Å². The van der Waals surface area contributed by atoms with Crippen LogP contribution in [0.1, 0.15) is 25.6 Å². The SMILES string of the molecule is C=C/C(=C\C=C/C)c1cc2ccc(O)cc2s1.CC. The van der Waals surface area contributed by atoms with Crippen molar-refractivity contribution in [3.63, 3.8) is 0 Å². The summed E-state index contributed by atoms with van der Waals surface area (Å²) in [5.74, 6) is 0.309. The van der Waals surface area contributed by atoms with E-state index in [1.54, 1.807) is 23.5 Å². The van der Waals surface area contributed by atoms with Crippen molar-refractivity contribution < 1.29 is 5.11 Å². The summed E-state index contributed by atoms with van der Waals surface area (Å²) in [5, 5.41) is 10.6. The molecule has 0 aliphatic carbocycles. The Morgan fingerprint density at radius 1 is 1.26 bits per heavy atom. The summed E-state index contributed by atoms with van der Waals surface area (Å²) < 4.78 is 1.09. The summed E-state index contributed by atoms with van der Waals surface area (Å²) in [6, 6.07) is 7.55. The highest BCUT2D eigenvalue weighted by Gasteiger charge is 2.04. The van der Waals surface area contributed by atoms with Gasteiger partial charge in [-0.05, 0) is 42.1 Å². The number of hydrogen-bond donors (Lipinski definition) is 1. The summed E-state index contributed by atoms with van der Waals surface area (Å²) in [5.41, 5.74) is 1.10. The van der Waals surface area contributed by atoms with E-state index in [-0.39, 0.29) is 0 Å². The molecular weight excluding hydrogens is 252 g/mol. The van der Waals surface area contributed by atoms with Gasteiger partial charge in [0, 0.05) is 9.58 Å². The molecule has 0 saturated carbocycles. The number of rotatable bonds is 3. The monoisotopic (exact) mass is 272 g/mol. The normalized spacial score (nSPS) is 11.4. The maximum absolute atomic E-state index is 9.44. The molecule has 1 N–H and O–H groups in total. The van der Waals surface area contributed by atoms with Gasteiger partial charge in [0.05, 0.1) is 0 Å². The number of aromatic hydroxyl groups is 1. The van der Waals surface area contributed by atoms with Crippen LogP contribution in [0.25, 0.3) is 15.7 Å². The summed E-state index contributed by atoms with van der Waals surface area (Å²) in [6.07, 6.45) is 7.88. The average molecular weight is 272 g/mol. The van der Waals surface area contributed by atoms with Gasteiger partial charge in [-0.2, -0.15) is 0 Å². The van der Waals surface area contributed by atoms with E-state index in [1.165, 1.54) is 4.88 Å². The van der Waals surface area contributed by atoms with Crippen molar-refractivity contribution in [3.8, 4) is 5.75 Å². The number of phenolic OH excluding ortho intramolecular Hbond substituents is 1. The van der Waals surface area contributed by atoms with Gasteiger partial charge in [-0.1, -0.05) is 44.7 Å². The molecule has 19 heavy (non-hydrogen) atoms. The summed E-state index contributed by atoms with van der Waals surface area (Å²) in [7, 11) is 0. The minimum atomic E-state index is 0.309. The number of fused-ring (bicyclic) bond motifs is 1. The minimum Gasteiger partial charge on any atom is -0.508 e. The molecule has 0 aliphatic rings. The number of allylic oxidation sites excluding steroid dienone is 5. The average Bonchev–Trinajstić information content (AvgIpc) is 2.84. The second-order valence-electron chi connectivity index (χ2n) is 3.68. The third-order valence-electron chi connectivity index (χ3n) is 2.48. The van der Waals surface area contributed by atoms with Crippen molar-refractivity contribution >= 4 is 27.0 Å². The second kappa shape index (κ2) is 7.59. The van der Waals surface area contributed by atoms with Crippen LogP contribution in [0.4, 0.5) is 0 Å². The number of benzene rings is 1. The second-order valence-corrected chi connectivity index (χ2v) is 4.77. The van der Waals surface area contributed by atoms with Gasteiger partial charge in [0.2, 0.25) is 0 Å². The topological polar surface area (TPSA) is 20.2 Å². The number of phenols is 1.